The summed E-state index contributed by atoms with van der Waals surface area (Å²) in [5.74, 6) is 0.406. The van der Waals surface area contributed by atoms with Crippen LogP contribution in [0.2, 0.25) is 0 Å². The number of hydrogen-bond acceptors (Lipinski definition) is 4. The second-order valence-corrected chi connectivity index (χ2v) is 7.66. The summed E-state index contributed by atoms with van der Waals surface area (Å²) in [5, 5.41) is 3.25. The summed E-state index contributed by atoms with van der Waals surface area (Å²) in [6.07, 6.45) is 3.36. The highest BCUT2D eigenvalue weighted by Gasteiger charge is 2.19. The van der Waals surface area contributed by atoms with E-state index in [4.69, 9.17) is 0 Å². The average Bonchev–Trinajstić information content (AvgIpc) is 2.74. The van der Waals surface area contributed by atoms with Crippen molar-refractivity contribution in [2.45, 2.75) is 32.1 Å². The fraction of sp³-hybridized carbons (Fsp3) is 0.435. The molecular formula is C23H29FN4O2. The van der Waals surface area contributed by atoms with Crippen molar-refractivity contribution in [3.05, 3.63) is 59.5 Å². The molecule has 2 bridgehead atoms. The number of anilines is 1. The standard InChI is InChI=1S/C23H29FN4O2/c1-27-16-14-25-21-7-4-6-20(26-21)5-2-3-15-28(17-23(27)30)22(29)13-10-18-8-11-19(24)12-9-18/h4,6-9,11-12H,2-3,5,10,13-17H2,1H3,(H,25,26). The fourth-order valence-electron chi connectivity index (χ4n) is 3.44. The van der Waals surface area contributed by atoms with Crippen molar-refractivity contribution in [2.75, 3.05) is 38.5 Å². The molecule has 1 N–H and O–H groups in total. The van der Waals surface area contributed by atoms with Crippen molar-refractivity contribution in [1.82, 2.24) is 14.8 Å². The molecule has 160 valence electrons. The molecule has 1 aliphatic heterocycles. The molecule has 0 fully saturated rings. The van der Waals surface area contributed by atoms with Gasteiger partial charge in [-0.2, -0.15) is 0 Å². The van der Waals surface area contributed by atoms with Crippen molar-refractivity contribution in [3.63, 3.8) is 0 Å². The number of nitrogens with zero attached hydrogens (tertiary/aromatic N) is 3. The third kappa shape index (κ3) is 6.54. The van der Waals surface area contributed by atoms with E-state index < -0.39 is 0 Å². The van der Waals surface area contributed by atoms with Crippen LogP contribution in [0, 0.1) is 5.82 Å². The van der Waals surface area contributed by atoms with Gasteiger partial charge in [0.15, 0.2) is 0 Å². The molecule has 7 heteroatoms. The highest BCUT2D eigenvalue weighted by Crippen LogP contribution is 2.11. The molecule has 1 aromatic heterocycles. The van der Waals surface area contributed by atoms with Crippen LogP contribution in [0.4, 0.5) is 10.2 Å². The van der Waals surface area contributed by atoms with Crippen LogP contribution in [0.5, 0.6) is 0 Å². The van der Waals surface area contributed by atoms with Crippen LogP contribution in [0.15, 0.2) is 42.5 Å². The number of aryl methyl sites for hydroxylation is 2. The Morgan fingerprint density at radius 3 is 2.73 bits per heavy atom. The van der Waals surface area contributed by atoms with Crippen LogP contribution < -0.4 is 5.32 Å². The minimum absolute atomic E-state index is 0.0496. The predicted octanol–water partition coefficient (Wildman–Crippen LogP) is 2.89. The van der Waals surface area contributed by atoms with E-state index in [0.717, 1.165) is 36.3 Å². The van der Waals surface area contributed by atoms with Crippen LogP contribution in [0.1, 0.15) is 30.5 Å². The fourth-order valence-corrected chi connectivity index (χ4v) is 3.44. The second-order valence-electron chi connectivity index (χ2n) is 7.66. The smallest absolute Gasteiger partial charge is 0.241 e. The zero-order chi connectivity index (χ0) is 21.3. The van der Waals surface area contributed by atoms with E-state index in [-0.39, 0.29) is 24.2 Å². The van der Waals surface area contributed by atoms with Crippen LogP contribution >= 0.6 is 0 Å². The Hall–Kier alpha value is -2.96. The quantitative estimate of drug-likeness (QED) is 0.842. The average molecular weight is 413 g/mol. The molecule has 0 radical (unpaired) electrons. The van der Waals surface area contributed by atoms with Gasteiger partial charge in [0, 0.05) is 38.8 Å². The van der Waals surface area contributed by atoms with Gasteiger partial charge in [-0.05, 0) is 55.5 Å². The molecule has 0 unspecified atom stereocenters. The van der Waals surface area contributed by atoms with Gasteiger partial charge in [0.1, 0.15) is 11.6 Å². The Labute approximate surface area is 177 Å². The summed E-state index contributed by atoms with van der Waals surface area (Å²) in [4.78, 5) is 33.4. The number of hydrogen-bond donors (Lipinski definition) is 1. The molecule has 0 aliphatic carbocycles. The van der Waals surface area contributed by atoms with E-state index in [1.807, 2.05) is 18.2 Å². The van der Waals surface area contributed by atoms with E-state index in [1.54, 1.807) is 29.0 Å². The third-order valence-electron chi connectivity index (χ3n) is 5.32. The minimum Gasteiger partial charge on any atom is -0.368 e. The number of carbonyl (C=O) groups excluding carboxylic acids is 2. The van der Waals surface area contributed by atoms with Crippen LogP contribution in [0.3, 0.4) is 0 Å². The first-order chi connectivity index (χ1) is 14.5. The van der Waals surface area contributed by atoms with Gasteiger partial charge in [-0.3, -0.25) is 9.59 Å². The number of aromatic nitrogens is 1. The Balaban J connectivity index is 1.63. The van der Waals surface area contributed by atoms with Gasteiger partial charge in [-0.15, -0.1) is 0 Å². The number of halogens is 1. The third-order valence-corrected chi connectivity index (χ3v) is 5.32. The number of amides is 2. The van der Waals surface area contributed by atoms with E-state index in [0.29, 0.717) is 32.5 Å². The van der Waals surface area contributed by atoms with Crippen molar-refractivity contribution in [3.8, 4) is 0 Å². The van der Waals surface area contributed by atoms with E-state index >= 15 is 0 Å². The summed E-state index contributed by atoms with van der Waals surface area (Å²) < 4.78 is 13.1. The summed E-state index contributed by atoms with van der Waals surface area (Å²) in [5.41, 5.74) is 1.93. The monoisotopic (exact) mass is 412 g/mol. The molecule has 1 aliphatic rings. The largest absolute Gasteiger partial charge is 0.368 e. The molecule has 0 atom stereocenters. The van der Waals surface area contributed by atoms with Crippen molar-refractivity contribution >= 4 is 17.6 Å². The van der Waals surface area contributed by atoms with E-state index in [9.17, 15) is 14.0 Å². The zero-order valence-corrected chi connectivity index (χ0v) is 17.4. The Kier molecular flexibility index (Phi) is 7.76. The summed E-state index contributed by atoms with van der Waals surface area (Å²) >= 11 is 0. The van der Waals surface area contributed by atoms with Crippen LogP contribution in [0.25, 0.3) is 0 Å². The number of rotatable bonds is 3. The maximum Gasteiger partial charge on any atom is 0.241 e. The lowest BCUT2D eigenvalue weighted by atomic mass is 10.1. The maximum atomic E-state index is 13.1. The number of carbonyl (C=O) groups is 2. The molecule has 6 nitrogen and oxygen atoms in total. The lowest BCUT2D eigenvalue weighted by molar-refractivity contribution is -0.139. The zero-order valence-electron chi connectivity index (χ0n) is 17.4. The first-order valence-electron chi connectivity index (χ1n) is 10.5. The van der Waals surface area contributed by atoms with Gasteiger partial charge in [-0.1, -0.05) is 18.2 Å². The molecular weight excluding hydrogens is 383 g/mol. The molecule has 1 aromatic carbocycles. The minimum atomic E-state index is -0.289. The summed E-state index contributed by atoms with van der Waals surface area (Å²) in [6, 6.07) is 12.1. The van der Waals surface area contributed by atoms with Gasteiger partial charge in [0.2, 0.25) is 11.8 Å². The molecule has 2 heterocycles. The Morgan fingerprint density at radius 2 is 1.93 bits per heavy atom. The maximum absolute atomic E-state index is 13.1. The van der Waals surface area contributed by atoms with Crippen molar-refractivity contribution in [2.24, 2.45) is 0 Å². The SMILES string of the molecule is CN1CCNc2cccc(n2)CCCCN(C(=O)CCc2ccc(F)cc2)CC1=O. The van der Waals surface area contributed by atoms with E-state index in [1.165, 1.54) is 12.1 Å². The summed E-state index contributed by atoms with van der Waals surface area (Å²) in [6.45, 7) is 1.75. The number of pyridine rings is 1. The lowest BCUT2D eigenvalue weighted by Gasteiger charge is -2.26. The lowest BCUT2D eigenvalue weighted by Crippen LogP contribution is -2.43. The molecule has 0 saturated carbocycles. The normalized spacial score (nSPS) is 16.0. The topological polar surface area (TPSA) is 65.5 Å². The Bertz CT molecular complexity index is 857. The number of likely N-dealkylation sites (N-methyl/N-ethyl adjacent to an activating group) is 1. The van der Waals surface area contributed by atoms with Gasteiger partial charge in [-0.25, -0.2) is 9.37 Å². The molecule has 0 saturated heterocycles. The van der Waals surface area contributed by atoms with E-state index in [2.05, 4.69) is 10.3 Å². The molecule has 30 heavy (non-hydrogen) atoms. The number of benzene rings is 1. The van der Waals surface area contributed by atoms with Gasteiger partial charge in [0.25, 0.3) is 0 Å². The molecule has 3 rings (SSSR count). The van der Waals surface area contributed by atoms with Crippen molar-refractivity contribution in [1.29, 1.82) is 0 Å². The van der Waals surface area contributed by atoms with Crippen LogP contribution in [-0.2, 0) is 22.4 Å². The van der Waals surface area contributed by atoms with Gasteiger partial charge < -0.3 is 15.1 Å². The highest BCUT2D eigenvalue weighted by molar-refractivity contribution is 5.84. The van der Waals surface area contributed by atoms with Gasteiger partial charge in [0.05, 0.1) is 6.54 Å². The number of fused-ring (bicyclic) bond motifs is 2. The summed E-state index contributed by atoms with van der Waals surface area (Å²) in [7, 11) is 1.75. The van der Waals surface area contributed by atoms with Crippen LogP contribution in [-0.4, -0.2) is 59.8 Å². The second kappa shape index (κ2) is 10.7. The highest BCUT2D eigenvalue weighted by atomic mass is 19.1. The number of nitrogens with one attached hydrogen (secondary N) is 1. The molecule has 2 aromatic rings. The van der Waals surface area contributed by atoms with Gasteiger partial charge >= 0.3 is 0 Å². The van der Waals surface area contributed by atoms with Crippen molar-refractivity contribution < 1.29 is 14.0 Å². The molecule has 0 spiro atoms. The predicted molar refractivity (Wildman–Crippen MR) is 115 cm³/mol. The molecule has 2 amide bonds. The Morgan fingerprint density at radius 1 is 1.13 bits per heavy atom. The first kappa shape index (κ1) is 21.7. The first-order valence-corrected chi connectivity index (χ1v) is 10.5.